The van der Waals surface area contributed by atoms with Crippen LogP contribution in [0.2, 0.25) is 0 Å². The van der Waals surface area contributed by atoms with Gasteiger partial charge in [-0.2, -0.15) is 0 Å². The highest BCUT2D eigenvalue weighted by molar-refractivity contribution is 6.03. The van der Waals surface area contributed by atoms with Gasteiger partial charge in [-0.05, 0) is 74.6 Å². The van der Waals surface area contributed by atoms with Crippen LogP contribution in [0.3, 0.4) is 0 Å². The molecule has 0 fully saturated rings. The summed E-state index contributed by atoms with van der Waals surface area (Å²) in [6.07, 6.45) is 8.83. The Balaban J connectivity index is 1.76. The fourth-order valence-corrected chi connectivity index (χ4v) is 5.26. The molecule has 0 aliphatic heterocycles. The highest BCUT2D eigenvalue weighted by Crippen LogP contribution is 2.41. The standard InChI is InChI=1S/C24H25N5/c1-29-19-13-7-6-12-18(19)28-24(29)20-14-8-2-4-10-16(14)26-23-21(20)22(25)15-9-3-5-11-17(15)27-23/h6-7,12-13H,2-5,8-11H2,1H3,(H2,25,26,27). The number of nitrogens with two attached hydrogens (primary N) is 1. The fourth-order valence-electron chi connectivity index (χ4n) is 5.26. The molecule has 0 unspecified atom stereocenters. The third kappa shape index (κ3) is 2.43. The Hall–Kier alpha value is -2.95. The Kier molecular flexibility index (Phi) is 3.67. The number of imidazole rings is 1. The van der Waals surface area contributed by atoms with Crippen molar-refractivity contribution in [2.45, 2.75) is 51.4 Å². The first-order valence-corrected chi connectivity index (χ1v) is 10.8. The van der Waals surface area contributed by atoms with E-state index in [1.165, 1.54) is 48.1 Å². The second kappa shape index (κ2) is 6.28. The molecule has 0 amide bonds. The molecule has 3 heterocycles. The Morgan fingerprint density at radius 3 is 2.24 bits per heavy atom. The summed E-state index contributed by atoms with van der Waals surface area (Å²) >= 11 is 0. The fraction of sp³-hybridized carbons (Fsp3) is 0.375. The summed E-state index contributed by atoms with van der Waals surface area (Å²) in [5.74, 6) is 0.987. The van der Waals surface area contributed by atoms with Crippen LogP contribution in [0.5, 0.6) is 0 Å². The topological polar surface area (TPSA) is 69.6 Å². The highest BCUT2D eigenvalue weighted by Gasteiger charge is 2.27. The predicted octanol–water partition coefficient (Wildman–Crippen LogP) is 4.52. The van der Waals surface area contributed by atoms with E-state index in [2.05, 4.69) is 29.8 Å². The molecule has 0 spiro atoms. The minimum Gasteiger partial charge on any atom is -0.398 e. The van der Waals surface area contributed by atoms with E-state index in [1.807, 2.05) is 6.07 Å². The third-order valence-electron chi connectivity index (χ3n) is 6.74. The number of nitrogen functional groups attached to an aromatic ring is 1. The highest BCUT2D eigenvalue weighted by atomic mass is 15.1. The van der Waals surface area contributed by atoms with Crippen molar-refractivity contribution in [2.75, 3.05) is 5.73 Å². The minimum absolute atomic E-state index is 0.811. The van der Waals surface area contributed by atoms with Gasteiger partial charge in [0.05, 0.1) is 16.4 Å². The van der Waals surface area contributed by atoms with Crippen molar-refractivity contribution in [3.05, 3.63) is 46.8 Å². The van der Waals surface area contributed by atoms with E-state index in [0.29, 0.717) is 0 Å². The summed E-state index contributed by atoms with van der Waals surface area (Å²) in [4.78, 5) is 15.1. The van der Waals surface area contributed by atoms with Gasteiger partial charge in [0.2, 0.25) is 0 Å². The van der Waals surface area contributed by atoms with E-state index >= 15 is 0 Å². The minimum atomic E-state index is 0.811. The molecule has 0 radical (unpaired) electrons. The van der Waals surface area contributed by atoms with Gasteiger partial charge in [0, 0.05) is 29.7 Å². The van der Waals surface area contributed by atoms with Crippen LogP contribution in [0.4, 0.5) is 5.69 Å². The lowest BCUT2D eigenvalue weighted by molar-refractivity contribution is 0.664. The molecule has 2 N–H and O–H groups in total. The van der Waals surface area contributed by atoms with E-state index in [4.69, 9.17) is 20.7 Å². The van der Waals surface area contributed by atoms with Crippen LogP contribution in [0.1, 0.15) is 48.2 Å². The predicted molar refractivity (Wildman–Crippen MR) is 117 cm³/mol. The summed E-state index contributed by atoms with van der Waals surface area (Å²) in [6, 6.07) is 8.33. The Labute approximate surface area is 170 Å². The van der Waals surface area contributed by atoms with Crippen molar-refractivity contribution in [3.8, 4) is 11.4 Å². The van der Waals surface area contributed by atoms with Crippen LogP contribution in [0.15, 0.2) is 24.3 Å². The van der Waals surface area contributed by atoms with E-state index in [0.717, 1.165) is 65.0 Å². The van der Waals surface area contributed by atoms with Gasteiger partial charge in [-0.1, -0.05) is 12.1 Å². The molecule has 4 aromatic rings. The number of hydrogen-bond acceptors (Lipinski definition) is 4. The lowest BCUT2D eigenvalue weighted by atomic mass is 9.87. The number of aryl methyl sites for hydroxylation is 3. The zero-order valence-corrected chi connectivity index (χ0v) is 16.8. The number of para-hydroxylation sites is 2. The molecule has 0 saturated carbocycles. The van der Waals surface area contributed by atoms with Gasteiger partial charge < -0.3 is 10.3 Å². The van der Waals surface area contributed by atoms with Crippen LogP contribution in [-0.2, 0) is 32.7 Å². The number of rotatable bonds is 1. The smallest absolute Gasteiger partial charge is 0.162 e. The number of aromatic nitrogens is 4. The Bertz CT molecular complexity index is 1280. The Morgan fingerprint density at radius 2 is 1.48 bits per heavy atom. The molecule has 5 nitrogen and oxygen atoms in total. The van der Waals surface area contributed by atoms with Crippen LogP contribution in [0.25, 0.3) is 33.5 Å². The molecule has 2 aliphatic carbocycles. The number of pyridine rings is 2. The normalized spacial score (nSPS) is 16.2. The number of fused-ring (bicyclic) bond motifs is 4. The quantitative estimate of drug-likeness (QED) is 0.524. The van der Waals surface area contributed by atoms with E-state index in [-0.39, 0.29) is 0 Å². The van der Waals surface area contributed by atoms with Crippen LogP contribution in [-0.4, -0.2) is 19.5 Å². The molecule has 5 heteroatoms. The van der Waals surface area contributed by atoms with Gasteiger partial charge in [0.15, 0.2) is 5.65 Å². The van der Waals surface area contributed by atoms with Crippen LogP contribution in [0, 0.1) is 0 Å². The maximum absolute atomic E-state index is 6.84. The monoisotopic (exact) mass is 383 g/mol. The molecule has 0 atom stereocenters. The molecule has 0 bridgehead atoms. The van der Waals surface area contributed by atoms with E-state index in [1.54, 1.807) is 0 Å². The van der Waals surface area contributed by atoms with Crippen molar-refractivity contribution in [1.82, 2.24) is 19.5 Å². The maximum atomic E-state index is 6.84. The molecule has 0 saturated heterocycles. The first kappa shape index (κ1) is 17.0. The Morgan fingerprint density at radius 1 is 0.828 bits per heavy atom. The summed E-state index contributed by atoms with van der Waals surface area (Å²) in [6.45, 7) is 0. The summed E-state index contributed by atoms with van der Waals surface area (Å²) < 4.78 is 2.21. The van der Waals surface area contributed by atoms with Crippen molar-refractivity contribution in [2.24, 2.45) is 7.05 Å². The molecule has 1 aromatic carbocycles. The van der Waals surface area contributed by atoms with Gasteiger partial charge >= 0.3 is 0 Å². The zero-order valence-electron chi connectivity index (χ0n) is 16.8. The van der Waals surface area contributed by atoms with Crippen LogP contribution >= 0.6 is 0 Å². The molecule has 2 aliphatic rings. The van der Waals surface area contributed by atoms with Gasteiger partial charge in [-0.15, -0.1) is 0 Å². The number of anilines is 1. The molecule has 6 rings (SSSR count). The lowest BCUT2D eigenvalue weighted by Gasteiger charge is -2.24. The summed E-state index contributed by atoms with van der Waals surface area (Å²) in [5.41, 5.74) is 16.8. The van der Waals surface area contributed by atoms with E-state index in [9.17, 15) is 0 Å². The first-order chi connectivity index (χ1) is 14.2. The first-order valence-electron chi connectivity index (χ1n) is 10.8. The number of nitrogens with zero attached hydrogens (tertiary/aromatic N) is 4. The summed E-state index contributed by atoms with van der Waals surface area (Å²) in [5, 5.41) is 1.02. The van der Waals surface area contributed by atoms with Crippen molar-refractivity contribution in [1.29, 1.82) is 0 Å². The molecule has 3 aromatic heterocycles. The van der Waals surface area contributed by atoms with Gasteiger partial charge in [-0.3, -0.25) is 0 Å². The number of hydrogen-bond donors (Lipinski definition) is 1. The third-order valence-corrected chi connectivity index (χ3v) is 6.74. The van der Waals surface area contributed by atoms with Gasteiger partial charge in [-0.25, -0.2) is 15.0 Å². The maximum Gasteiger partial charge on any atom is 0.162 e. The largest absolute Gasteiger partial charge is 0.398 e. The molecule has 29 heavy (non-hydrogen) atoms. The lowest BCUT2D eigenvalue weighted by Crippen LogP contribution is -2.15. The van der Waals surface area contributed by atoms with E-state index < -0.39 is 0 Å². The van der Waals surface area contributed by atoms with Crippen LogP contribution < -0.4 is 5.73 Å². The SMILES string of the molecule is Cn1c(-c2c3c(nc4nc5c(c(N)c24)CCCC5)CCCC3)nc2ccccc21. The van der Waals surface area contributed by atoms with Crippen molar-refractivity contribution in [3.63, 3.8) is 0 Å². The zero-order chi connectivity index (χ0) is 19.5. The van der Waals surface area contributed by atoms with Crippen molar-refractivity contribution < 1.29 is 0 Å². The number of benzene rings is 1. The average molecular weight is 383 g/mol. The van der Waals surface area contributed by atoms with Gasteiger partial charge in [0.1, 0.15) is 5.82 Å². The molecule has 146 valence electrons. The van der Waals surface area contributed by atoms with Gasteiger partial charge in [0.25, 0.3) is 0 Å². The van der Waals surface area contributed by atoms with Crippen molar-refractivity contribution >= 4 is 27.8 Å². The second-order valence-electron chi connectivity index (χ2n) is 8.46. The average Bonchev–Trinajstić information content (AvgIpc) is 3.09. The second-order valence-corrected chi connectivity index (χ2v) is 8.46. The summed E-state index contributed by atoms with van der Waals surface area (Å²) in [7, 11) is 2.11. The molecular weight excluding hydrogens is 358 g/mol. The molecular formula is C24H25N5.